The first-order valence-electron chi connectivity index (χ1n) is 6.48. The average molecular weight is 316 g/mol. The molecular weight excluding hydrogens is 297 g/mol. The second kappa shape index (κ2) is 7.22. The standard InChI is InChI=1S/C14H19BrFNO/c15-13-5-4-12(8-14(13)16)9-17-6-1-7-18-10-11-2-3-11/h4-5,8,11,17H,1-3,6-7,9-10H2. The highest BCUT2D eigenvalue weighted by atomic mass is 79.9. The first-order chi connectivity index (χ1) is 8.75. The van der Waals surface area contributed by atoms with Crippen LogP contribution < -0.4 is 5.32 Å². The lowest BCUT2D eigenvalue weighted by Crippen LogP contribution is -2.16. The van der Waals surface area contributed by atoms with E-state index in [1.807, 2.05) is 6.07 Å². The Kier molecular flexibility index (Phi) is 5.60. The topological polar surface area (TPSA) is 21.3 Å². The lowest BCUT2D eigenvalue weighted by atomic mass is 10.2. The van der Waals surface area contributed by atoms with Gasteiger partial charge in [0.1, 0.15) is 5.82 Å². The number of ether oxygens (including phenoxy) is 1. The van der Waals surface area contributed by atoms with Crippen molar-refractivity contribution in [2.75, 3.05) is 19.8 Å². The third-order valence-corrected chi connectivity index (χ3v) is 3.65. The van der Waals surface area contributed by atoms with Gasteiger partial charge in [-0.3, -0.25) is 0 Å². The molecule has 1 saturated carbocycles. The molecule has 1 fully saturated rings. The van der Waals surface area contributed by atoms with E-state index >= 15 is 0 Å². The maximum absolute atomic E-state index is 13.2. The normalized spacial score (nSPS) is 15.0. The highest BCUT2D eigenvalue weighted by Gasteiger charge is 2.20. The van der Waals surface area contributed by atoms with E-state index < -0.39 is 0 Å². The van der Waals surface area contributed by atoms with Gasteiger partial charge in [0.25, 0.3) is 0 Å². The molecule has 1 aliphatic carbocycles. The third-order valence-electron chi connectivity index (χ3n) is 3.01. The van der Waals surface area contributed by atoms with Crippen molar-refractivity contribution in [3.05, 3.63) is 34.1 Å². The Morgan fingerprint density at radius 3 is 2.94 bits per heavy atom. The van der Waals surface area contributed by atoms with Crippen molar-refractivity contribution in [3.8, 4) is 0 Å². The summed E-state index contributed by atoms with van der Waals surface area (Å²) < 4.78 is 19.3. The summed E-state index contributed by atoms with van der Waals surface area (Å²) in [6, 6.07) is 5.22. The number of hydrogen-bond donors (Lipinski definition) is 1. The van der Waals surface area contributed by atoms with Crippen molar-refractivity contribution < 1.29 is 9.13 Å². The summed E-state index contributed by atoms with van der Waals surface area (Å²) in [7, 11) is 0. The van der Waals surface area contributed by atoms with Gasteiger partial charge >= 0.3 is 0 Å². The summed E-state index contributed by atoms with van der Waals surface area (Å²) in [6.07, 6.45) is 3.69. The van der Waals surface area contributed by atoms with E-state index in [-0.39, 0.29) is 5.82 Å². The second-order valence-electron chi connectivity index (χ2n) is 4.80. The van der Waals surface area contributed by atoms with E-state index in [1.165, 1.54) is 12.8 Å². The third kappa shape index (κ3) is 5.04. The SMILES string of the molecule is Fc1cc(CNCCCOCC2CC2)ccc1Br. The van der Waals surface area contributed by atoms with Crippen LogP contribution in [0.2, 0.25) is 0 Å². The van der Waals surface area contributed by atoms with Crippen LogP contribution in [0.4, 0.5) is 4.39 Å². The van der Waals surface area contributed by atoms with Crippen molar-refractivity contribution in [2.24, 2.45) is 5.92 Å². The van der Waals surface area contributed by atoms with Gasteiger partial charge in [0.05, 0.1) is 4.47 Å². The van der Waals surface area contributed by atoms with E-state index in [1.54, 1.807) is 12.1 Å². The number of rotatable bonds is 8. The quantitative estimate of drug-likeness (QED) is 0.741. The monoisotopic (exact) mass is 315 g/mol. The maximum atomic E-state index is 13.2. The van der Waals surface area contributed by atoms with Gasteiger partial charge in [-0.25, -0.2) is 4.39 Å². The van der Waals surface area contributed by atoms with E-state index in [4.69, 9.17) is 4.74 Å². The molecule has 1 aliphatic rings. The molecule has 18 heavy (non-hydrogen) atoms. The minimum absolute atomic E-state index is 0.206. The summed E-state index contributed by atoms with van der Waals surface area (Å²) in [5, 5.41) is 3.29. The molecule has 0 spiro atoms. The Balaban J connectivity index is 1.52. The number of benzene rings is 1. The van der Waals surface area contributed by atoms with Gasteiger partial charge in [-0.15, -0.1) is 0 Å². The summed E-state index contributed by atoms with van der Waals surface area (Å²) >= 11 is 3.14. The van der Waals surface area contributed by atoms with Crippen LogP contribution in [-0.2, 0) is 11.3 Å². The van der Waals surface area contributed by atoms with E-state index in [9.17, 15) is 4.39 Å². The number of nitrogens with one attached hydrogen (secondary N) is 1. The molecule has 0 saturated heterocycles. The van der Waals surface area contributed by atoms with Crippen LogP contribution in [0, 0.1) is 11.7 Å². The molecule has 0 aromatic heterocycles. The molecule has 2 nitrogen and oxygen atoms in total. The van der Waals surface area contributed by atoms with E-state index in [0.29, 0.717) is 11.0 Å². The van der Waals surface area contributed by atoms with Gasteiger partial charge < -0.3 is 10.1 Å². The van der Waals surface area contributed by atoms with E-state index in [2.05, 4.69) is 21.2 Å². The summed E-state index contributed by atoms with van der Waals surface area (Å²) in [5.74, 6) is 0.630. The van der Waals surface area contributed by atoms with Crippen LogP contribution in [-0.4, -0.2) is 19.8 Å². The number of hydrogen-bond acceptors (Lipinski definition) is 2. The van der Waals surface area contributed by atoms with Crippen LogP contribution in [0.25, 0.3) is 0 Å². The fourth-order valence-corrected chi connectivity index (χ4v) is 1.96. The minimum atomic E-state index is -0.206. The lowest BCUT2D eigenvalue weighted by molar-refractivity contribution is 0.122. The van der Waals surface area contributed by atoms with Gasteiger partial charge in [-0.05, 0) is 65.4 Å². The summed E-state index contributed by atoms with van der Waals surface area (Å²) in [4.78, 5) is 0. The summed E-state index contributed by atoms with van der Waals surface area (Å²) in [6.45, 7) is 3.35. The minimum Gasteiger partial charge on any atom is -0.381 e. The van der Waals surface area contributed by atoms with Crippen LogP contribution >= 0.6 is 15.9 Å². The highest BCUT2D eigenvalue weighted by Crippen LogP contribution is 2.28. The Morgan fingerprint density at radius 1 is 1.39 bits per heavy atom. The highest BCUT2D eigenvalue weighted by molar-refractivity contribution is 9.10. The molecule has 0 aliphatic heterocycles. The van der Waals surface area contributed by atoms with Crippen molar-refractivity contribution in [1.29, 1.82) is 0 Å². The smallest absolute Gasteiger partial charge is 0.137 e. The van der Waals surface area contributed by atoms with Crippen LogP contribution in [0.15, 0.2) is 22.7 Å². The van der Waals surface area contributed by atoms with E-state index in [0.717, 1.165) is 37.7 Å². The molecule has 0 heterocycles. The zero-order valence-corrected chi connectivity index (χ0v) is 12.0. The Labute approximate surface area is 116 Å². The zero-order valence-electron chi connectivity index (χ0n) is 10.4. The van der Waals surface area contributed by atoms with Gasteiger partial charge in [-0.1, -0.05) is 6.07 Å². The molecular formula is C14H19BrFNO. The van der Waals surface area contributed by atoms with Crippen LogP contribution in [0.5, 0.6) is 0 Å². The molecule has 1 aromatic rings. The molecule has 1 aromatic carbocycles. The summed E-state index contributed by atoms with van der Waals surface area (Å²) in [5.41, 5.74) is 0.967. The van der Waals surface area contributed by atoms with Gasteiger partial charge in [0, 0.05) is 19.8 Å². The molecule has 0 radical (unpaired) electrons. The molecule has 2 rings (SSSR count). The predicted octanol–water partition coefficient (Wildman–Crippen LogP) is 3.49. The molecule has 100 valence electrons. The molecule has 0 bridgehead atoms. The first kappa shape index (κ1) is 14.0. The van der Waals surface area contributed by atoms with Gasteiger partial charge in [-0.2, -0.15) is 0 Å². The lowest BCUT2D eigenvalue weighted by Gasteiger charge is -2.06. The zero-order chi connectivity index (χ0) is 12.8. The van der Waals surface area contributed by atoms with Crippen LogP contribution in [0.3, 0.4) is 0 Å². The number of halogens is 2. The molecule has 4 heteroatoms. The molecule has 0 amide bonds. The first-order valence-corrected chi connectivity index (χ1v) is 7.27. The van der Waals surface area contributed by atoms with Gasteiger partial charge in [0.2, 0.25) is 0 Å². The maximum Gasteiger partial charge on any atom is 0.137 e. The second-order valence-corrected chi connectivity index (χ2v) is 5.65. The molecule has 0 atom stereocenters. The Morgan fingerprint density at radius 2 is 2.22 bits per heavy atom. The Bertz CT molecular complexity index is 382. The van der Waals surface area contributed by atoms with Gasteiger partial charge in [0.15, 0.2) is 0 Å². The predicted molar refractivity (Wildman–Crippen MR) is 74.0 cm³/mol. The largest absolute Gasteiger partial charge is 0.381 e. The van der Waals surface area contributed by atoms with Crippen molar-refractivity contribution in [3.63, 3.8) is 0 Å². The average Bonchev–Trinajstić information content (AvgIpc) is 3.16. The fourth-order valence-electron chi connectivity index (χ4n) is 1.72. The Hall–Kier alpha value is -0.450. The van der Waals surface area contributed by atoms with Crippen molar-refractivity contribution >= 4 is 15.9 Å². The molecule has 0 unspecified atom stereocenters. The fraction of sp³-hybridized carbons (Fsp3) is 0.571. The van der Waals surface area contributed by atoms with Crippen LogP contribution in [0.1, 0.15) is 24.8 Å². The van der Waals surface area contributed by atoms with Crippen molar-refractivity contribution in [2.45, 2.75) is 25.8 Å². The molecule has 1 N–H and O–H groups in total. The van der Waals surface area contributed by atoms with Crippen molar-refractivity contribution in [1.82, 2.24) is 5.32 Å².